The van der Waals surface area contributed by atoms with Crippen LogP contribution in [0.4, 0.5) is 11.4 Å². The highest BCUT2D eigenvalue weighted by molar-refractivity contribution is 5.95. The van der Waals surface area contributed by atoms with Gasteiger partial charge in [-0.05, 0) is 44.5 Å². The molecule has 0 saturated carbocycles. The van der Waals surface area contributed by atoms with E-state index in [9.17, 15) is 4.79 Å². The lowest BCUT2D eigenvalue weighted by Gasteiger charge is -2.27. The molecule has 0 aliphatic carbocycles. The second kappa shape index (κ2) is 6.57. The Morgan fingerprint density at radius 2 is 2.00 bits per heavy atom. The van der Waals surface area contributed by atoms with E-state index in [1.165, 1.54) is 0 Å². The molecule has 1 aromatic carbocycles. The zero-order valence-corrected chi connectivity index (χ0v) is 12.5. The van der Waals surface area contributed by atoms with Crippen molar-refractivity contribution in [3.63, 3.8) is 0 Å². The van der Waals surface area contributed by atoms with Crippen molar-refractivity contribution in [2.75, 3.05) is 24.6 Å². The molecule has 1 amide bonds. The average Bonchev–Trinajstić information content (AvgIpc) is 2.31. The lowest BCUT2D eigenvalue weighted by Crippen LogP contribution is -2.39. The predicted octanol–water partition coefficient (Wildman–Crippen LogP) is 2.49. The average molecular weight is 263 g/mol. The van der Waals surface area contributed by atoms with Gasteiger partial charge in [-0.15, -0.1) is 0 Å². The molecule has 0 fully saturated rings. The van der Waals surface area contributed by atoms with Crippen molar-refractivity contribution in [3.05, 3.63) is 23.8 Å². The molecule has 1 unspecified atom stereocenters. The molecule has 0 spiro atoms. The number of nitrogens with zero attached hydrogens (tertiary/aromatic N) is 1. The molecule has 0 aliphatic rings. The van der Waals surface area contributed by atoms with E-state index in [0.29, 0.717) is 29.9 Å². The van der Waals surface area contributed by atoms with Gasteiger partial charge in [0.05, 0.1) is 17.9 Å². The first-order valence-electron chi connectivity index (χ1n) is 6.67. The van der Waals surface area contributed by atoms with Gasteiger partial charge in [-0.1, -0.05) is 19.9 Å². The third-order valence-electron chi connectivity index (χ3n) is 3.53. The molecule has 106 valence electrons. The molecule has 4 heteroatoms. The van der Waals surface area contributed by atoms with E-state index in [1.807, 2.05) is 37.1 Å². The molecule has 1 rings (SSSR count). The first kappa shape index (κ1) is 15.5. The van der Waals surface area contributed by atoms with Gasteiger partial charge in [0.1, 0.15) is 0 Å². The number of amides is 1. The number of carbonyl (C=O) groups excluding carboxylic acids is 1. The molecular formula is C15H25N3O. The first-order chi connectivity index (χ1) is 8.81. The fraction of sp³-hybridized carbons (Fsp3) is 0.533. The number of nitrogens with one attached hydrogen (secondary N) is 1. The Labute approximate surface area is 116 Å². The topological polar surface area (TPSA) is 58.4 Å². The molecule has 0 bridgehead atoms. The van der Waals surface area contributed by atoms with Crippen molar-refractivity contribution in [2.24, 2.45) is 5.92 Å². The van der Waals surface area contributed by atoms with Gasteiger partial charge in [-0.25, -0.2) is 0 Å². The molecule has 0 saturated heterocycles. The summed E-state index contributed by atoms with van der Waals surface area (Å²) in [5.74, 6) is 0.479. The van der Waals surface area contributed by atoms with Gasteiger partial charge < -0.3 is 11.1 Å². The maximum absolute atomic E-state index is 12.0. The lowest BCUT2D eigenvalue weighted by molar-refractivity contribution is -0.117. The van der Waals surface area contributed by atoms with Crippen LogP contribution in [0.2, 0.25) is 0 Å². The highest BCUT2D eigenvalue weighted by Crippen LogP contribution is 2.19. The molecule has 1 aromatic rings. The molecule has 0 heterocycles. The third kappa shape index (κ3) is 4.56. The van der Waals surface area contributed by atoms with Crippen LogP contribution in [0.1, 0.15) is 26.3 Å². The van der Waals surface area contributed by atoms with E-state index in [0.717, 1.165) is 5.56 Å². The largest absolute Gasteiger partial charge is 0.397 e. The predicted molar refractivity (Wildman–Crippen MR) is 81.2 cm³/mol. The number of hydrogen-bond acceptors (Lipinski definition) is 3. The van der Waals surface area contributed by atoms with Gasteiger partial charge in [0.2, 0.25) is 5.91 Å². The van der Waals surface area contributed by atoms with Crippen molar-refractivity contribution in [2.45, 2.75) is 33.7 Å². The van der Waals surface area contributed by atoms with Gasteiger partial charge >= 0.3 is 0 Å². The molecule has 4 nitrogen and oxygen atoms in total. The molecule has 0 aliphatic heterocycles. The van der Waals surface area contributed by atoms with E-state index in [1.54, 1.807) is 0 Å². The summed E-state index contributed by atoms with van der Waals surface area (Å²) < 4.78 is 0. The van der Waals surface area contributed by atoms with Crippen LogP contribution in [0.3, 0.4) is 0 Å². The summed E-state index contributed by atoms with van der Waals surface area (Å²) in [4.78, 5) is 14.0. The summed E-state index contributed by atoms with van der Waals surface area (Å²) >= 11 is 0. The molecule has 19 heavy (non-hydrogen) atoms. The summed E-state index contributed by atoms with van der Waals surface area (Å²) in [6.07, 6.45) is 0. The fourth-order valence-electron chi connectivity index (χ4n) is 1.87. The van der Waals surface area contributed by atoms with Crippen LogP contribution in [0.5, 0.6) is 0 Å². The maximum atomic E-state index is 12.0. The van der Waals surface area contributed by atoms with Crippen molar-refractivity contribution in [1.29, 1.82) is 0 Å². The minimum absolute atomic E-state index is 0.0365. The Balaban J connectivity index is 2.60. The van der Waals surface area contributed by atoms with Crippen LogP contribution in [0, 0.1) is 12.8 Å². The standard InChI is InChI=1S/C15H25N3O/c1-10(2)12(4)18(5)9-15(19)17-14-7-6-11(3)8-13(14)16/h6-8,10,12H,9,16H2,1-5H3,(H,17,19). The van der Waals surface area contributed by atoms with Crippen molar-refractivity contribution >= 4 is 17.3 Å². The SMILES string of the molecule is Cc1ccc(NC(=O)CN(C)C(C)C(C)C)c(N)c1. The second-order valence-electron chi connectivity index (χ2n) is 5.54. The normalized spacial score (nSPS) is 12.8. The van der Waals surface area contributed by atoms with E-state index < -0.39 is 0 Å². The van der Waals surface area contributed by atoms with E-state index >= 15 is 0 Å². The lowest BCUT2D eigenvalue weighted by atomic mass is 10.1. The first-order valence-corrected chi connectivity index (χ1v) is 6.67. The number of anilines is 2. The number of benzene rings is 1. The minimum atomic E-state index is -0.0365. The molecule has 1 atom stereocenters. The highest BCUT2D eigenvalue weighted by Gasteiger charge is 2.16. The Kier molecular flexibility index (Phi) is 5.36. The van der Waals surface area contributed by atoms with Crippen LogP contribution in [0.15, 0.2) is 18.2 Å². The zero-order valence-electron chi connectivity index (χ0n) is 12.5. The monoisotopic (exact) mass is 263 g/mol. The summed E-state index contributed by atoms with van der Waals surface area (Å²) in [6, 6.07) is 6.00. The van der Waals surface area contributed by atoms with Crippen LogP contribution < -0.4 is 11.1 Å². The smallest absolute Gasteiger partial charge is 0.238 e. The number of nitrogen functional groups attached to an aromatic ring is 1. The van der Waals surface area contributed by atoms with Crippen LogP contribution in [0.25, 0.3) is 0 Å². The third-order valence-corrected chi connectivity index (χ3v) is 3.53. The molecule has 3 N–H and O–H groups in total. The van der Waals surface area contributed by atoms with Gasteiger partial charge in [0.15, 0.2) is 0 Å². The molecule has 0 aromatic heterocycles. The molecule has 0 radical (unpaired) electrons. The number of likely N-dealkylation sites (N-methyl/N-ethyl adjacent to an activating group) is 1. The minimum Gasteiger partial charge on any atom is -0.397 e. The quantitative estimate of drug-likeness (QED) is 0.802. The van der Waals surface area contributed by atoms with Crippen LogP contribution in [-0.4, -0.2) is 30.4 Å². The number of rotatable bonds is 5. The van der Waals surface area contributed by atoms with Crippen LogP contribution >= 0.6 is 0 Å². The van der Waals surface area contributed by atoms with Crippen molar-refractivity contribution in [3.8, 4) is 0 Å². The number of carbonyl (C=O) groups is 1. The fourth-order valence-corrected chi connectivity index (χ4v) is 1.87. The van der Waals surface area contributed by atoms with Crippen molar-refractivity contribution in [1.82, 2.24) is 4.90 Å². The number of hydrogen-bond donors (Lipinski definition) is 2. The molecular weight excluding hydrogens is 238 g/mol. The number of nitrogens with two attached hydrogens (primary N) is 1. The van der Waals surface area contributed by atoms with Gasteiger partial charge in [0, 0.05) is 6.04 Å². The van der Waals surface area contributed by atoms with Crippen molar-refractivity contribution < 1.29 is 4.79 Å². The zero-order chi connectivity index (χ0) is 14.6. The summed E-state index contributed by atoms with van der Waals surface area (Å²) in [5.41, 5.74) is 8.25. The second-order valence-corrected chi connectivity index (χ2v) is 5.54. The maximum Gasteiger partial charge on any atom is 0.238 e. The summed E-state index contributed by atoms with van der Waals surface area (Å²) in [7, 11) is 1.96. The Morgan fingerprint density at radius 3 is 2.53 bits per heavy atom. The van der Waals surface area contributed by atoms with Gasteiger partial charge in [-0.2, -0.15) is 0 Å². The highest BCUT2D eigenvalue weighted by atomic mass is 16.2. The van der Waals surface area contributed by atoms with Gasteiger partial charge in [-0.3, -0.25) is 9.69 Å². The summed E-state index contributed by atoms with van der Waals surface area (Å²) in [6.45, 7) is 8.76. The van der Waals surface area contributed by atoms with E-state index in [2.05, 4.69) is 26.1 Å². The number of aryl methyl sites for hydroxylation is 1. The Morgan fingerprint density at radius 1 is 1.37 bits per heavy atom. The van der Waals surface area contributed by atoms with E-state index in [4.69, 9.17) is 5.73 Å². The van der Waals surface area contributed by atoms with E-state index in [-0.39, 0.29) is 5.91 Å². The van der Waals surface area contributed by atoms with Crippen LogP contribution in [-0.2, 0) is 4.79 Å². The Hall–Kier alpha value is -1.55. The van der Waals surface area contributed by atoms with Gasteiger partial charge in [0.25, 0.3) is 0 Å². The summed E-state index contributed by atoms with van der Waals surface area (Å²) in [5, 5.41) is 2.86. The Bertz CT molecular complexity index is 443.